The smallest absolute Gasteiger partial charge is 0.335 e. The zero-order valence-corrected chi connectivity index (χ0v) is 10.5. The Hall–Kier alpha value is -2.08. The molecule has 2 heterocycles. The number of carbonyl (C=O) groups is 1. The summed E-state index contributed by atoms with van der Waals surface area (Å²) in [5.74, 6) is -0.0988. The summed E-state index contributed by atoms with van der Waals surface area (Å²) in [6.45, 7) is 3.83. The highest BCUT2D eigenvalue weighted by Crippen LogP contribution is 2.19. The molecular weight excluding hydrogens is 244 g/mol. The number of anilines is 1. The lowest BCUT2D eigenvalue weighted by molar-refractivity contribution is 0.0697. The number of nitrogens with zero attached hydrogens (tertiary/aromatic N) is 2. The van der Waals surface area contributed by atoms with Crippen molar-refractivity contribution in [3.63, 3.8) is 0 Å². The number of benzene rings is 1. The van der Waals surface area contributed by atoms with Crippen molar-refractivity contribution in [2.24, 2.45) is 0 Å². The van der Waals surface area contributed by atoms with Crippen molar-refractivity contribution in [2.45, 2.75) is 6.42 Å². The molecular formula is C13H16N4O2. The molecule has 100 valence electrons. The summed E-state index contributed by atoms with van der Waals surface area (Å²) < 4.78 is 0. The average Bonchev–Trinajstić information content (AvgIpc) is 2.64. The van der Waals surface area contributed by atoms with Crippen molar-refractivity contribution in [2.75, 3.05) is 31.1 Å². The largest absolute Gasteiger partial charge is 0.478 e. The van der Waals surface area contributed by atoms with Crippen molar-refractivity contribution >= 4 is 23.0 Å². The number of H-pyrrole nitrogens is 1. The van der Waals surface area contributed by atoms with Gasteiger partial charge in [-0.15, -0.1) is 0 Å². The minimum atomic E-state index is -0.919. The third-order valence-electron chi connectivity index (χ3n) is 3.36. The van der Waals surface area contributed by atoms with Crippen molar-refractivity contribution in [3.05, 3.63) is 23.8 Å². The van der Waals surface area contributed by atoms with Crippen molar-refractivity contribution < 1.29 is 9.90 Å². The topological polar surface area (TPSA) is 81.2 Å². The van der Waals surface area contributed by atoms with Gasteiger partial charge in [0, 0.05) is 19.6 Å². The summed E-state index contributed by atoms with van der Waals surface area (Å²) in [5, 5.41) is 12.3. The fourth-order valence-corrected chi connectivity index (χ4v) is 2.34. The first kappa shape index (κ1) is 12.0. The number of aromatic amines is 1. The maximum Gasteiger partial charge on any atom is 0.335 e. The molecule has 1 saturated heterocycles. The van der Waals surface area contributed by atoms with Crippen molar-refractivity contribution in [3.8, 4) is 0 Å². The van der Waals surface area contributed by atoms with E-state index in [-0.39, 0.29) is 5.56 Å². The normalized spacial score (nSPS) is 16.5. The Kier molecular flexibility index (Phi) is 3.08. The lowest BCUT2D eigenvalue weighted by atomic mass is 10.2. The number of aromatic nitrogens is 2. The second-order valence-electron chi connectivity index (χ2n) is 4.69. The summed E-state index contributed by atoms with van der Waals surface area (Å²) >= 11 is 0. The number of imidazole rings is 1. The zero-order valence-electron chi connectivity index (χ0n) is 10.5. The predicted octanol–water partition coefficient (Wildman–Crippen LogP) is 1.06. The van der Waals surface area contributed by atoms with E-state index >= 15 is 0 Å². The quantitative estimate of drug-likeness (QED) is 0.752. The number of hydrogen-bond acceptors (Lipinski definition) is 4. The Bertz CT molecular complexity index is 600. The molecule has 0 amide bonds. The zero-order chi connectivity index (χ0) is 13.2. The van der Waals surface area contributed by atoms with Gasteiger partial charge in [0.1, 0.15) is 0 Å². The Balaban J connectivity index is 1.94. The van der Waals surface area contributed by atoms with Gasteiger partial charge in [-0.05, 0) is 31.2 Å². The van der Waals surface area contributed by atoms with E-state index in [9.17, 15) is 4.79 Å². The Morgan fingerprint density at radius 2 is 2.21 bits per heavy atom. The number of aromatic carboxylic acids is 1. The molecule has 0 unspecified atom stereocenters. The molecule has 3 N–H and O–H groups in total. The third-order valence-corrected chi connectivity index (χ3v) is 3.36. The van der Waals surface area contributed by atoms with E-state index in [1.807, 2.05) is 0 Å². The van der Waals surface area contributed by atoms with Gasteiger partial charge in [0.2, 0.25) is 5.95 Å². The number of fused-ring (bicyclic) bond motifs is 1. The van der Waals surface area contributed by atoms with Crippen LogP contribution in [0.15, 0.2) is 18.2 Å². The first-order valence-corrected chi connectivity index (χ1v) is 6.43. The second-order valence-corrected chi connectivity index (χ2v) is 4.69. The fraction of sp³-hybridized carbons (Fsp3) is 0.385. The molecule has 0 saturated carbocycles. The van der Waals surface area contributed by atoms with Crippen LogP contribution in [0.2, 0.25) is 0 Å². The minimum absolute atomic E-state index is 0.278. The fourth-order valence-electron chi connectivity index (χ4n) is 2.34. The van der Waals surface area contributed by atoms with Crippen LogP contribution in [0, 0.1) is 0 Å². The predicted molar refractivity (Wildman–Crippen MR) is 72.8 cm³/mol. The summed E-state index contributed by atoms with van der Waals surface area (Å²) in [7, 11) is 0. The van der Waals surface area contributed by atoms with Crippen molar-refractivity contribution in [1.29, 1.82) is 0 Å². The molecule has 1 aliphatic rings. The highest BCUT2D eigenvalue weighted by atomic mass is 16.4. The summed E-state index contributed by atoms with van der Waals surface area (Å²) in [6.07, 6.45) is 1.08. The Morgan fingerprint density at radius 1 is 1.32 bits per heavy atom. The van der Waals surface area contributed by atoms with E-state index in [0.29, 0.717) is 0 Å². The molecule has 0 spiro atoms. The maximum atomic E-state index is 10.9. The van der Waals surface area contributed by atoms with Gasteiger partial charge in [-0.1, -0.05) is 0 Å². The molecule has 2 aromatic rings. The van der Waals surface area contributed by atoms with E-state index in [2.05, 4.69) is 20.2 Å². The number of rotatable bonds is 2. The molecule has 0 atom stereocenters. The van der Waals surface area contributed by atoms with Gasteiger partial charge in [0.05, 0.1) is 16.6 Å². The Morgan fingerprint density at radius 3 is 3.05 bits per heavy atom. The highest BCUT2D eigenvalue weighted by molar-refractivity contribution is 5.92. The molecule has 6 nitrogen and oxygen atoms in total. The number of carboxylic acids is 1. The van der Waals surface area contributed by atoms with Crippen LogP contribution in [-0.4, -0.2) is 47.2 Å². The standard InChI is InChI=1S/C13H16N4O2/c18-12(19)9-2-3-10-11(8-9)16-13(15-10)17-6-1-4-14-5-7-17/h2-3,8,14H,1,4-7H2,(H,15,16)(H,18,19). The first-order chi connectivity index (χ1) is 9.24. The lowest BCUT2D eigenvalue weighted by Crippen LogP contribution is -2.28. The lowest BCUT2D eigenvalue weighted by Gasteiger charge is -2.18. The SMILES string of the molecule is O=C(O)c1ccc2nc(N3CCCNCC3)[nH]c2c1. The highest BCUT2D eigenvalue weighted by Gasteiger charge is 2.14. The van der Waals surface area contributed by atoms with E-state index in [0.717, 1.165) is 49.6 Å². The molecule has 6 heteroatoms. The molecule has 0 bridgehead atoms. The van der Waals surface area contributed by atoms with Crippen LogP contribution in [0.5, 0.6) is 0 Å². The summed E-state index contributed by atoms with van der Waals surface area (Å²) in [6, 6.07) is 4.96. The van der Waals surface area contributed by atoms with Crippen LogP contribution in [0.25, 0.3) is 11.0 Å². The monoisotopic (exact) mass is 260 g/mol. The molecule has 1 aliphatic heterocycles. The molecule has 3 rings (SSSR count). The van der Waals surface area contributed by atoms with Gasteiger partial charge >= 0.3 is 5.97 Å². The van der Waals surface area contributed by atoms with E-state index in [1.54, 1.807) is 18.2 Å². The average molecular weight is 260 g/mol. The molecule has 19 heavy (non-hydrogen) atoms. The van der Waals surface area contributed by atoms with Crippen LogP contribution in [-0.2, 0) is 0 Å². The number of hydrogen-bond donors (Lipinski definition) is 3. The van der Waals surface area contributed by atoms with Gasteiger partial charge in [-0.3, -0.25) is 0 Å². The van der Waals surface area contributed by atoms with E-state index in [4.69, 9.17) is 5.11 Å². The van der Waals surface area contributed by atoms with Gasteiger partial charge in [-0.25, -0.2) is 9.78 Å². The van der Waals surface area contributed by atoms with Gasteiger partial charge in [-0.2, -0.15) is 0 Å². The number of nitrogens with one attached hydrogen (secondary N) is 2. The maximum absolute atomic E-state index is 10.9. The van der Waals surface area contributed by atoms with Crippen LogP contribution < -0.4 is 10.2 Å². The van der Waals surface area contributed by atoms with Crippen LogP contribution >= 0.6 is 0 Å². The van der Waals surface area contributed by atoms with Gasteiger partial charge in [0.25, 0.3) is 0 Å². The molecule has 1 fully saturated rings. The van der Waals surface area contributed by atoms with Crippen LogP contribution in [0.4, 0.5) is 5.95 Å². The van der Waals surface area contributed by atoms with Crippen molar-refractivity contribution in [1.82, 2.24) is 15.3 Å². The third kappa shape index (κ3) is 2.39. The second kappa shape index (κ2) is 4.89. The number of carboxylic acid groups (broad SMARTS) is 1. The van der Waals surface area contributed by atoms with Gasteiger partial charge < -0.3 is 20.3 Å². The molecule has 1 aromatic heterocycles. The molecule has 0 aliphatic carbocycles. The molecule has 1 aromatic carbocycles. The minimum Gasteiger partial charge on any atom is -0.478 e. The summed E-state index contributed by atoms with van der Waals surface area (Å²) in [4.78, 5) is 20.9. The van der Waals surface area contributed by atoms with Gasteiger partial charge in [0.15, 0.2) is 0 Å². The van der Waals surface area contributed by atoms with Crippen LogP contribution in [0.3, 0.4) is 0 Å². The Labute approximate surface area is 110 Å². The van der Waals surface area contributed by atoms with Crippen LogP contribution in [0.1, 0.15) is 16.8 Å². The van der Waals surface area contributed by atoms with E-state index < -0.39 is 5.97 Å². The molecule has 0 radical (unpaired) electrons. The summed E-state index contributed by atoms with van der Waals surface area (Å²) in [5.41, 5.74) is 1.85. The van der Waals surface area contributed by atoms with E-state index in [1.165, 1.54) is 0 Å². The first-order valence-electron chi connectivity index (χ1n) is 6.43.